The fourth-order valence-corrected chi connectivity index (χ4v) is 7.20. The molecule has 0 N–H and O–H groups in total. The van der Waals surface area contributed by atoms with Gasteiger partial charge in [0.15, 0.2) is 0 Å². The number of hydrogen-bond acceptors (Lipinski definition) is 0. The molecule has 47 heavy (non-hydrogen) atoms. The van der Waals surface area contributed by atoms with E-state index in [0.717, 1.165) is 6.42 Å². The predicted molar refractivity (Wildman–Crippen MR) is 191 cm³/mol. The molecule has 0 bridgehead atoms. The summed E-state index contributed by atoms with van der Waals surface area (Å²) < 4.78 is 1.42. The van der Waals surface area contributed by atoms with Gasteiger partial charge in [0.25, 0.3) is 0 Å². The summed E-state index contributed by atoms with van der Waals surface area (Å²) >= 11 is 1.46. The van der Waals surface area contributed by atoms with Crippen LogP contribution in [0.1, 0.15) is 115 Å². The first-order valence-corrected chi connectivity index (χ1v) is 17.6. The van der Waals surface area contributed by atoms with Crippen molar-refractivity contribution < 1.29 is 49.0 Å². The summed E-state index contributed by atoms with van der Waals surface area (Å²) in [6.45, 7) is 23.2. The van der Waals surface area contributed by atoms with Crippen LogP contribution in [-0.4, -0.2) is 3.21 Å². The van der Waals surface area contributed by atoms with Crippen molar-refractivity contribution in [1.29, 1.82) is 0 Å². The van der Waals surface area contributed by atoms with Gasteiger partial charge in [-0.15, -0.1) is 11.1 Å². The van der Waals surface area contributed by atoms with E-state index in [1.54, 1.807) is 11.1 Å². The number of hydrogen-bond donors (Lipinski definition) is 0. The third kappa shape index (κ3) is 8.65. The first-order valence-electron chi connectivity index (χ1n) is 16.4. The summed E-state index contributed by atoms with van der Waals surface area (Å²) in [6, 6.07) is 36.8. The molecule has 2 aliphatic rings. The van der Waals surface area contributed by atoms with Gasteiger partial charge in [0.1, 0.15) is 0 Å². The summed E-state index contributed by atoms with van der Waals surface area (Å²) in [7, 11) is 0. The van der Waals surface area contributed by atoms with Crippen molar-refractivity contribution in [3.05, 3.63) is 153 Å². The number of fused-ring (bicyclic) bond motifs is 3. The molecule has 1 atom stereocenters. The molecule has 0 aromatic heterocycles. The Kier molecular flexibility index (Phi) is 12.5. The zero-order valence-electron chi connectivity index (χ0n) is 29.8. The third-order valence-corrected chi connectivity index (χ3v) is 10.7. The fraction of sp³-hybridized carbons (Fsp3) is 0.341. The van der Waals surface area contributed by atoms with E-state index in [0.29, 0.717) is 5.92 Å². The quantitative estimate of drug-likeness (QED) is 0.237. The molecule has 0 nitrogen and oxygen atoms in total. The van der Waals surface area contributed by atoms with Crippen molar-refractivity contribution >= 4 is 3.21 Å². The van der Waals surface area contributed by atoms with Crippen LogP contribution in [0.5, 0.6) is 0 Å². The Morgan fingerprint density at radius 3 is 1.66 bits per heavy atom. The van der Waals surface area contributed by atoms with E-state index in [9.17, 15) is 0 Å². The first kappa shape index (κ1) is 39.1. The van der Waals surface area contributed by atoms with Crippen LogP contribution in [-0.2, 0) is 35.1 Å². The van der Waals surface area contributed by atoms with Crippen molar-refractivity contribution in [1.82, 2.24) is 0 Å². The maximum atomic E-state index is 3.91. The summed E-state index contributed by atoms with van der Waals surface area (Å²) in [4.78, 5) is 0. The molecule has 0 fully saturated rings. The molecule has 2 aliphatic carbocycles. The molecule has 0 saturated carbocycles. The van der Waals surface area contributed by atoms with E-state index < -0.39 is 0 Å². The Labute approximate surface area is 312 Å². The number of allylic oxidation sites excluding steroid dienone is 4. The summed E-state index contributed by atoms with van der Waals surface area (Å²) in [5.41, 5.74) is 16.0. The molecular formula is C44H49Cl2Zr-. The van der Waals surface area contributed by atoms with Gasteiger partial charge in [-0.05, 0) is 40.7 Å². The van der Waals surface area contributed by atoms with E-state index in [-0.39, 0.29) is 41.1 Å². The van der Waals surface area contributed by atoms with Gasteiger partial charge in [-0.3, -0.25) is 0 Å². The van der Waals surface area contributed by atoms with Crippen molar-refractivity contribution in [3.63, 3.8) is 0 Å². The Balaban J connectivity index is 0.000000316. The second-order valence-electron chi connectivity index (χ2n) is 15.8. The third-order valence-electron chi connectivity index (χ3n) is 9.31. The minimum atomic E-state index is 0. The van der Waals surface area contributed by atoms with Crippen molar-refractivity contribution in [3.8, 4) is 11.1 Å². The van der Waals surface area contributed by atoms with Gasteiger partial charge in [0.2, 0.25) is 0 Å². The van der Waals surface area contributed by atoms with Crippen LogP contribution < -0.4 is 24.8 Å². The average molecular weight is 740 g/mol. The molecule has 0 radical (unpaired) electrons. The summed E-state index contributed by atoms with van der Waals surface area (Å²) in [5, 5.41) is 0. The van der Waals surface area contributed by atoms with Crippen LogP contribution in [0, 0.1) is 11.5 Å². The van der Waals surface area contributed by atoms with Crippen molar-refractivity contribution in [2.75, 3.05) is 0 Å². The van der Waals surface area contributed by atoms with Crippen LogP contribution in [0.3, 0.4) is 0 Å². The Morgan fingerprint density at radius 1 is 0.660 bits per heavy atom. The minimum absolute atomic E-state index is 0. The standard InChI is InChI=1S/C31H39.C13H10.2ClH.Zr/c1-19-15-22(31(8,9)10)18-25(19)28-26-16-20(29(2,3)4)11-13-23(26)24-14-12-21(17-27(24)28)30(5,6)7;1-3-7-12(8-4-1)11-13-9-5-2-6-10-13;;;/h11-16,28H,18H2,1-10H3;1-10H;2*1H;/q-1;;;;+2/p-2. The monoisotopic (exact) mass is 737 g/mol. The maximum absolute atomic E-state index is 3.91. The molecule has 3 heteroatoms. The summed E-state index contributed by atoms with van der Waals surface area (Å²) in [6.07, 6.45) is 3.53. The van der Waals surface area contributed by atoms with E-state index in [2.05, 4.69) is 172 Å². The molecule has 6 rings (SSSR count). The van der Waals surface area contributed by atoms with E-state index in [1.807, 2.05) is 0 Å². The molecule has 0 heterocycles. The van der Waals surface area contributed by atoms with Crippen LogP contribution in [0.25, 0.3) is 11.1 Å². The SMILES string of the molecule is CC1=C(C2c3[c-]c(C(C)(C)C)ccc3-c3ccc(C(C)(C)C)cc32)CC(C(C)(C)C)=C1.[Cl-].[Cl-].[Zr+2]=[C](c1ccccc1)c1ccccc1. The number of benzene rings is 4. The molecule has 1 unspecified atom stereocenters. The second-order valence-corrected chi connectivity index (χ2v) is 17.1. The van der Waals surface area contributed by atoms with Gasteiger partial charge in [0.05, 0.1) is 0 Å². The van der Waals surface area contributed by atoms with Crippen LogP contribution in [0.2, 0.25) is 0 Å². The molecule has 244 valence electrons. The zero-order chi connectivity index (χ0) is 32.7. The van der Waals surface area contributed by atoms with Gasteiger partial charge in [-0.1, -0.05) is 109 Å². The molecule has 0 spiro atoms. The molecular weight excluding hydrogens is 691 g/mol. The number of rotatable bonds is 3. The molecule has 4 aromatic rings. The Morgan fingerprint density at radius 2 is 1.19 bits per heavy atom. The molecule has 0 saturated heterocycles. The van der Waals surface area contributed by atoms with Gasteiger partial charge >= 0.3 is 99.2 Å². The first-order chi connectivity index (χ1) is 21.1. The van der Waals surface area contributed by atoms with Gasteiger partial charge in [-0.2, -0.15) is 23.8 Å². The van der Waals surface area contributed by atoms with Gasteiger partial charge in [0, 0.05) is 5.92 Å². The Hall–Kier alpha value is -2.31. The van der Waals surface area contributed by atoms with Crippen LogP contribution in [0.15, 0.2) is 114 Å². The predicted octanol–water partition coefficient (Wildman–Crippen LogP) is 5.70. The normalized spacial score (nSPS) is 15.4. The molecule has 0 aliphatic heterocycles. The van der Waals surface area contributed by atoms with E-state index in [4.69, 9.17) is 0 Å². The second kappa shape index (κ2) is 15.1. The van der Waals surface area contributed by atoms with Crippen LogP contribution >= 0.6 is 0 Å². The topological polar surface area (TPSA) is 0 Å². The van der Waals surface area contributed by atoms with Gasteiger partial charge < -0.3 is 24.8 Å². The Bertz CT molecular complexity index is 1670. The zero-order valence-corrected chi connectivity index (χ0v) is 33.7. The molecule has 0 amide bonds. The average Bonchev–Trinajstić information content (AvgIpc) is 3.53. The molecule has 4 aromatic carbocycles. The number of halogens is 2. The van der Waals surface area contributed by atoms with E-state index >= 15 is 0 Å². The van der Waals surface area contributed by atoms with Crippen molar-refractivity contribution in [2.24, 2.45) is 5.41 Å². The van der Waals surface area contributed by atoms with Crippen LogP contribution in [0.4, 0.5) is 0 Å². The van der Waals surface area contributed by atoms with Crippen molar-refractivity contribution in [2.45, 2.75) is 92.4 Å². The summed E-state index contributed by atoms with van der Waals surface area (Å²) in [5.74, 6) is 0.311. The van der Waals surface area contributed by atoms with E-state index in [1.165, 1.54) is 77.5 Å². The fourth-order valence-electron chi connectivity index (χ4n) is 6.38. The van der Waals surface area contributed by atoms with Gasteiger partial charge in [-0.25, -0.2) is 0 Å².